The molecule has 2 atom stereocenters. The van der Waals surface area contributed by atoms with Crippen molar-refractivity contribution in [1.29, 1.82) is 0 Å². The van der Waals surface area contributed by atoms with Gasteiger partial charge in [0.2, 0.25) is 0 Å². The number of piperidine rings is 1. The Morgan fingerprint density at radius 1 is 1.28 bits per heavy atom. The smallest absolute Gasteiger partial charge is 0.410 e. The maximum atomic E-state index is 14.4. The predicted octanol–water partition coefficient (Wildman–Crippen LogP) is 5.66. The normalized spacial score (nSPS) is 22.6. The first-order chi connectivity index (χ1) is 13.7. The SMILES string of the molecule is CSc1ccc(COC[C@@H]2C[C@@H]2C2CCN(C(=O)OC(C)(C)C)CC2)c(F)c1C. The van der Waals surface area contributed by atoms with E-state index in [0.29, 0.717) is 42.1 Å². The molecule has 1 amide bonds. The summed E-state index contributed by atoms with van der Waals surface area (Å²) in [5, 5.41) is 0. The number of halogens is 1. The van der Waals surface area contributed by atoms with Crippen molar-refractivity contribution in [3.63, 3.8) is 0 Å². The van der Waals surface area contributed by atoms with E-state index in [1.165, 1.54) is 6.42 Å². The third-order valence-corrected chi connectivity index (χ3v) is 6.88. The number of benzene rings is 1. The molecular weight excluding hydrogens is 389 g/mol. The largest absolute Gasteiger partial charge is 0.444 e. The molecule has 3 rings (SSSR count). The van der Waals surface area contributed by atoms with Gasteiger partial charge in [0.05, 0.1) is 13.2 Å². The van der Waals surface area contributed by atoms with Crippen LogP contribution in [0.3, 0.4) is 0 Å². The Hall–Kier alpha value is -1.27. The van der Waals surface area contributed by atoms with Gasteiger partial charge in [-0.2, -0.15) is 0 Å². The highest BCUT2D eigenvalue weighted by atomic mass is 32.2. The maximum absolute atomic E-state index is 14.4. The molecule has 0 N–H and O–H groups in total. The zero-order valence-corrected chi connectivity index (χ0v) is 19.1. The Balaban J connectivity index is 1.38. The van der Waals surface area contributed by atoms with Gasteiger partial charge in [0.1, 0.15) is 11.4 Å². The summed E-state index contributed by atoms with van der Waals surface area (Å²) in [6, 6.07) is 3.81. The topological polar surface area (TPSA) is 38.8 Å². The Bertz CT molecular complexity index is 726. The van der Waals surface area contributed by atoms with E-state index < -0.39 is 5.60 Å². The molecule has 1 aromatic carbocycles. The zero-order valence-electron chi connectivity index (χ0n) is 18.3. The average Bonchev–Trinajstić information content (AvgIpc) is 3.44. The van der Waals surface area contributed by atoms with Gasteiger partial charge in [-0.25, -0.2) is 9.18 Å². The molecule has 162 valence electrons. The van der Waals surface area contributed by atoms with Crippen molar-refractivity contribution < 1.29 is 18.7 Å². The van der Waals surface area contributed by atoms with Crippen LogP contribution in [0.4, 0.5) is 9.18 Å². The van der Waals surface area contributed by atoms with Crippen molar-refractivity contribution in [2.75, 3.05) is 26.0 Å². The second kappa shape index (κ2) is 9.25. The van der Waals surface area contributed by atoms with Crippen LogP contribution in [0.5, 0.6) is 0 Å². The van der Waals surface area contributed by atoms with Crippen LogP contribution in [-0.4, -0.2) is 42.5 Å². The van der Waals surface area contributed by atoms with Crippen LogP contribution < -0.4 is 0 Å². The lowest BCUT2D eigenvalue weighted by Gasteiger charge is -2.33. The van der Waals surface area contributed by atoms with Crippen molar-refractivity contribution in [2.45, 2.75) is 64.1 Å². The lowest BCUT2D eigenvalue weighted by molar-refractivity contribution is 0.0169. The highest BCUT2D eigenvalue weighted by Crippen LogP contribution is 2.48. The van der Waals surface area contributed by atoms with Gasteiger partial charge < -0.3 is 14.4 Å². The maximum Gasteiger partial charge on any atom is 0.410 e. The average molecular weight is 424 g/mol. The number of carbonyl (C=O) groups excluding carboxylic acids is 1. The van der Waals surface area contributed by atoms with E-state index in [2.05, 4.69) is 0 Å². The highest BCUT2D eigenvalue weighted by molar-refractivity contribution is 7.98. The molecule has 0 aromatic heterocycles. The molecule has 1 aliphatic carbocycles. The van der Waals surface area contributed by atoms with Crippen LogP contribution in [0.15, 0.2) is 17.0 Å². The van der Waals surface area contributed by atoms with E-state index in [9.17, 15) is 9.18 Å². The van der Waals surface area contributed by atoms with Crippen LogP contribution in [0.1, 0.15) is 51.2 Å². The van der Waals surface area contributed by atoms with Gasteiger partial charge in [0.15, 0.2) is 0 Å². The van der Waals surface area contributed by atoms with Crippen molar-refractivity contribution >= 4 is 17.9 Å². The van der Waals surface area contributed by atoms with Gasteiger partial charge in [-0.15, -0.1) is 11.8 Å². The fourth-order valence-electron chi connectivity index (χ4n) is 4.25. The van der Waals surface area contributed by atoms with Crippen molar-refractivity contribution in [1.82, 2.24) is 4.90 Å². The Morgan fingerprint density at radius 2 is 1.97 bits per heavy atom. The van der Waals surface area contributed by atoms with Crippen LogP contribution in [-0.2, 0) is 16.1 Å². The van der Waals surface area contributed by atoms with Gasteiger partial charge in [-0.05, 0) is 82.6 Å². The van der Waals surface area contributed by atoms with Crippen LogP contribution in [0, 0.1) is 30.5 Å². The predicted molar refractivity (Wildman–Crippen MR) is 115 cm³/mol. The van der Waals surface area contributed by atoms with Crippen molar-refractivity contribution in [3.8, 4) is 0 Å². The monoisotopic (exact) mass is 423 g/mol. The first-order valence-electron chi connectivity index (χ1n) is 10.6. The van der Waals surface area contributed by atoms with Gasteiger partial charge >= 0.3 is 6.09 Å². The molecular formula is C23H34FNO3S. The van der Waals surface area contributed by atoms with E-state index in [1.807, 2.05) is 51.0 Å². The second-order valence-corrected chi connectivity index (χ2v) is 10.2. The van der Waals surface area contributed by atoms with E-state index in [1.54, 1.807) is 11.8 Å². The Labute approximate surface area is 178 Å². The molecule has 2 aliphatic rings. The molecule has 29 heavy (non-hydrogen) atoms. The van der Waals surface area contributed by atoms with E-state index >= 15 is 0 Å². The number of carbonyl (C=O) groups is 1. The first-order valence-corrected chi connectivity index (χ1v) is 11.8. The first kappa shape index (κ1) is 22.4. The van der Waals surface area contributed by atoms with Gasteiger partial charge in [-0.1, -0.05) is 6.07 Å². The van der Waals surface area contributed by atoms with Gasteiger partial charge in [0, 0.05) is 23.5 Å². The quantitative estimate of drug-likeness (QED) is 0.554. The number of hydrogen-bond donors (Lipinski definition) is 0. The summed E-state index contributed by atoms with van der Waals surface area (Å²) in [7, 11) is 0. The lowest BCUT2D eigenvalue weighted by atomic mass is 9.91. The molecule has 4 nitrogen and oxygen atoms in total. The minimum atomic E-state index is -0.444. The summed E-state index contributed by atoms with van der Waals surface area (Å²) in [6.07, 6.45) is 5.01. The molecule has 1 heterocycles. The summed E-state index contributed by atoms with van der Waals surface area (Å²) in [5.41, 5.74) is 0.906. The third-order valence-electron chi connectivity index (χ3n) is 6.00. The van der Waals surface area contributed by atoms with E-state index in [4.69, 9.17) is 9.47 Å². The molecule has 0 unspecified atom stereocenters. The molecule has 1 aliphatic heterocycles. The minimum Gasteiger partial charge on any atom is -0.444 e. The molecule has 2 fully saturated rings. The summed E-state index contributed by atoms with van der Waals surface area (Å²) in [4.78, 5) is 15.0. The standard InChI is InChI=1S/C23H34FNO3S/c1-15-20(29-5)7-6-17(21(15)24)13-27-14-18-12-19(18)16-8-10-25(11-9-16)22(26)28-23(2,3)4/h6-7,16,18-19H,8-14H2,1-5H3/t18-,19+/m0/s1. The van der Waals surface area contributed by atoms with E-state index in [0.717, 1.165) is 30.8 Å². The van der Waals surface area contributed by atoms with Crippen LogP contribution >= 0.6 is 11.8 Å². The zero-order chi connectivity index (χ0) is 21.2. The summed E-state index contributed by atoms with van der Waals surface area (Å²) in [5.74, 6) is 1.77. The molecule has 1 saturated heterocycles. The fourth-order valence-corrected chi connectivity index (χ4v) is 4.85. The molecule has 1 aromatic rings. The number of ether oxygens (including phenoxy) is 2. The number of rotatable bonds is 6. The molecule has 0 spiro atoms. The molecule has 6 heteroatoms. The molecule has 0 radical (unpaired) electrons. The number of amides is 1. The molecule has 0 bridgehead atoms. The fraction of sp³-hybridized carbons (Fsp3) is 0.696. The number of hydrogen-bond acceptors (Lipinski definition) is 4. The van der Waals surface area contributed by atoms with Crippen molar-refractivity contribution in [2.24, 2.45) is 17.8 Å². The molecule has 1 saturated carbocycles. The van der Waals surface area contributed by atoms with Gasteiger partial charge in [-0.3, -0.25) is 0 Å². The van der Waals surface area contributed by atoms with Crippen LogP contribution in [0.25, 0.3) is 0 Å². The Morgan fingerprint density at radius 3 is 2.59 bits per heavy atom. The number of thioether (sulfide) groups is 1. The van der Waals surface area contributed by atoms with E-state index in [-0.39, 0.29) is 11.9 Å². The van der Waals surface area contributed by atoms with Gasteiger partial charge in [0.25, 0.3) is 0 Å². The Kier molecular flexibility index (Phi) is 7.15. The highest BCUT2D eigenvalue weighted by Gasteiger charge is 2.44. The minimum absolute atomic E-state index is 0.140. The number of nitrogens with zero attached hydrogens (tertiary/aromatic N) is 1. The lowest BCUT2D eigenvalue weighted by Crippen LogP contribution is -2.42. The summed E-state index contributed by atoms with van der Waals surface area (Å²) >= 11 is 1.56. The number of likely N-dealkylation sites (tertiary alicyclic amines) is 1. The second-order valence-electron chi connectivity index (χ2n) is 9.35. The summed E-state index contributed by atoms with van der Waals surface area (Å²) < 4.78 is 25.8. The third kappa shape index (κ3) is 5.88. The summed E-state index contributed by atoms with van der Waals surface area (Å²) in [6.45, 7) is 10.1. The van der Waals surface area contributed by atoms with Crippen LogP contribution in [0.2, 0.25) is 0 Å². The van der Waals surface area contributed by atoms with Crippen molar-refractivity contribution in [3.05, 3.63) is 29.1 Å².